The van der Waals surface area contributed by atoms with Crippen molar-refractivity contribution in [3.8, 4) is 0 Å². The van der Waals surface area contributed by atoms with E-state index in [2.05, 4.69) is 34.5 Å². The number of carbonyl (C=O) groups is 1. The molecular formula is C19H27N3O. The number of anilines is 1. The lowest BCUT2D eigenvalue weighted by molar-refractivity contribution is -0.122. The number of rotatable bonds is 5. The van der Waals surface area contributed by atoms with E-state index in [4.69, 9.17) is 5.73 Å². The fourth-order valence-corrected chi connectivity index (χ4v) is 4.68. The van der Waals surface area contributed by atoms with Crippen LogP contribution in [0.3, 0.4) is 0 Å². The van der Waals surface area contributed by atoms with Gasteiger partial charge in [-0.05, 0) is 68.2 Å². The molecule has 4 heteroatoms. The highest BCUT2D eigenvalue weighted by Gasteiger charge is 2.50. The van der Waals surface area contributed by atoms with Crippen LogP contribution in [0.15, 0.2) is 24.3 Å². The fraction of sp³-hybridized carbons (Fsp3) is 0.632. The van der Waals surface area contributed by atoms with E-state index in [9.17, 15) is 4.79 Å². The van der Waals surface area contributed by atoms with Gasteiger partial charge in [0.2, 0.25) is 5.91 Å². The molecule has 1 amide bonds. The van der Waals surface area contributed by atoms with Gasteiger partial charge in [0.25, 0.3) is 0 Å². The molecule has 2 aliphatic carbocycles. The lowest BCUT2D eigenvalue weighted by Gasteiger charge is -2.56. The van der Waals surface area contributed by atoms with Crippen LogP contribution >= 0.6 is 0 Å². The van der Waals surface area contributed by atoms with E-state index in [1.54, 1.807) is 0 Å². The molecule has 3 aliphatic rings. The van der Waals surface area contributed by atoms with Crippen LogP contribution in [-0.2, 0) is 11.3 Å². The molecule has 2 saturated carbocycles. The molecule has 3 N–H and O–H groups in total. The minimum atomic E-state index is -0.182. The summed E-state index contributed by atoms with van der Waals surface area (Å²) in [5, 5.41) is 3.76. The number of nitrogens with one attached hydrogen (secondary N) is 1. The summed E-state index contributed by atoms with van der Waals surface area (Å²) in [6.45, 7) is 1.79. The van der Waals surface area contributed by atoms with Gasteiger partial charge >= 0.3 is 0 Å². The predicted molar refractivity (Wildman–Crippen MR) is 92.0 cm³/mol. The third-order valence-corrected chi connectivity index (χ3v) is 6.37. The average molecular weight is 313 g/mol. The number of amides is 1. The smallest absolute Gasteiger partial charge is 0.234 e. The second-order valence-corrected chi connectivity index (χ2v) is 7.68. The molecule has 1 aliphatic heterocycles. The Hall–Kier alpha value is -1.55. The number of hydrogen-bond donors (Lipinski definition) is 2. The first-order valence-corrected chi connectivity index (χ1v) is 9.05. The largest absolute Gasteiger partial charge is 0.382 e. The zero-order chi connectivity index (χ0) is 15.9. The highest BCUT2D eigenvalue weighted by Crippen LogP contribution is 2.56. The lowest BCUT2D eigenvalue weighted by atomic mass is 9.53. The minimum Gasteiger partial charge on any atom is -0.382 e. The van der Waals surface area contributed by atoms with Crippen molar-refractivity contribution in [2.75, 3.05) is 11.9 Å². The van der Waals surface area contributed by atoms with E-state index < -0.39 is 0 Å². The van der Waals surface area contributed by atoms with Crippen molar-refractivity contribution in [3.63, 3.8) is 0 Å². The molecule has 1 aromatic rings. The van der Waals surface area contributed by atoms with Crippen molar-refractivity contribution in [2.24, 2.45) is 11.1 Å². The highest BCUT2D eigenvalue weighted by atomic mass is 16.1. The number of primary amides is 1. The maximum Gasteiger partial charge on any atom is 0.234 e. The molecule has 0 radical (unpaired) electrons. The van der Waals surface area contributed by atoms with Crippen LogP contribution in [0.2, 0.25) is 0 Å². The van der Waals surface area contributed by atoms with E-state index in [0.717, 1.165) is 25.9 Å². The zero-order valence-corrected chi connectivity index (χ0v) is 13.8. The topological polar surface area (TPSA) is 58.4 Å². The minimum absolute atomic E-state index is 0.0866. The van der Waals surface area contributed by atoms with Crippen molar-refractivity contribution in [1.29, 1.82) is 0 Å². The molecule has 1 spiro atoms. The summed E-state index contributed by atoms with van der Waals surface area (Å²) in [5.74, 6) is -0.182. The van der Waals surface area contributed by atoms with Crippen LogP contribution in [0.4, 0.5) is 5.69 Å². The average Bonchev–Trinajstić information content (AvgIpc) is 2.91. The second-order valence-electron chi connectivity index (χ2n) is 7.68. The first kappa shape index (κ1) is 15.0. The molecule has 3 fully saturated rings. The summed E-state index contributed by atoms with van der Waals surface area (Å²) in [6.07, 6.45) is 8.88. The van der Waals surface area contributed by atoms with Crippen molar-refractivity contribution in [2.45, 2.75) is 63.6 Å². The molecule has 124 valence electrons. The Morgan fingerprint density at radius 3 is 2.78 bits per heavy atom. The van der Waals surface area contributed by atoms with Gasteiger partial charge in [-0.1, -0.05) is 18.6 Å². The van der Waals surface area contributed by atoms with E-state index in [1.165, 1.54) is 43.4 Å². The second kappa shape index (κ2) is 5.82. The van der Waals surface area contributed by atoms with Gasteiger partial charge in [0.05, 0.1) is 6.04 Å². The van der Waals surface area contributed by atoms with Crippen molar-refractivity contribution in [1.82, 2.24) is 4.90 Å². The summed E-state index contributed by atoms with van der Waals surface area (Å²) in [5.41, 5.74) is 8.63. The molecule has 1 aromatic carbocycles. The van der Waals surface area contributed by atoms with E-state index in [-0.39, 0.29) is 11.9 Å². The number of hydrogen-bond acceptors (Lipinski definition) is 3. The molecule has 0 aromatic heterocycles. The zero-order valence-electron chi connectivity index (χ0n) is 13.8. The first-order valence-electron chi connectivity index (χ1n) is 9.05. The number of carbonyl (C=O) groups excluding carboxylic acids is 1. The Morgan fingerprint density at radius 2 is 2.13 bits per heavy atom. The molecule has 1 saturated heterocycles. The van der Waals surface area contributed by atoms with Gasteiger partial charge in [-0.3, -0.25) is 9.69 Å². The number of likely N-dealkylation sites (tertiary alicyclic amines) is 1. The third kappa shape index (κ3) is 2.74. The SMILES string of the molecule is NC(=O)[C@H]1CCCN1Cc1cccc(N[C@@H]2CCC23CCC3)c1. The van der Waals surface area contributed by atoms with Crippen LogP contribution in [0.5, 0.6) is 0 Å². The Labute approximate surface area is 138 Å². The van der Waals surface area contributed by atoms with Crippen LogP contribution in [0, 0.1) is 5.41 Å². The number of nitrogens with zero attached hydrogens (tertiary/aromatic N) is 1. The standard InChI is InChI=1S/C19H27N3O/c20-18(23)16-6-2-11-22(16)13-14-4-1-5-15(12-14)21-17-7-10-19(17)8-3-9-19/h1,4-5,12,16-17,21H,2-3,6-11,13H2,(H2,20,23)/t16-,17-/m1/s1. The van der Waals surface area contributed by atoms with E-state index >= 15 is 0 Å². The quantitative estimate of drug-likeness (QED) is 0.879. The van der Waals surface area contributed by atoms with Gasteiger partial charge in [-0.2, -0.15) is 0 Å². The Bertz CT molecular complexity index is 591. The van der Waals surface area contributed by atoms with Gasteiger partial charge in [0, 0.05) is 18.3 Å². The van der Waals surface area contributed by atoms with Crippen LogP contribution in [-0.4, -0.2) is 29.4 Å². The summed E-state index contributed by atoms with van der Waals surface area (Å²) in [7, 11) is 0. The first-order chi connectivity index (χ1) is 11.2. The highest BCUT2D eigenvalue weighted by molar-refractivity contribution is 5.80. The van der Waals surface area contributed by atoms with Crippen molar-refractivity contribution in [3.05, 3.63) is 29.8 Å². The molecule has 4 nitrogen and oxygen atoms in total. The third-order valence-electron chi connectivity index (χ3n) is 6.37. The number of benzene rings is 1. The summed E-state index contributed by atoms with van der Waals surface area (Å²) < 4.78 is 0. The molecule has 0 bridgehead atoms. The predicted octanol–water partition coefficient (Wildman–Crippen LogP) is 2.88. The Balaban J connectivity index is 1.41. The maximum absolute atomic E-state index is 11.5. The normalized spacial score (nSPS) is 29.0. The van der Waals surface area contributed by atoms with Gasteiger partial charge < -0.3 is 11.1 Å². The van der Waals surface area contributed by atoms with Crippen LogP contribution < -0.4 is 11.1 Å². The Kier molecular flexibility index (Phi) is 3.80. The van der Waals surface area contributed by atoms with E-state index in [1.807, 2.05) is 0 Å². The molecular weight excluding hydrogens is 286 g/mol. The van der Waals surface area contributed by atoms with Gasteiger partial charge in [-0.25, -0.2) is 0 Å². The molecule has 0 unspecified atom stereocenters. The molecule has 2 atom stereocenters. The maximum atomic E-state index is 11.5. The lowest BCUT2D eigenvalue weighted by Crippen LogP contribution is -2.53. The fourth-order valence-electron chi connectivity index (χ4n) is 4.68. The van der Waals surface area contributed by atoms with Crippen LogP contribution in [0.1, 0.15) is 50.5 Å². The van der Waals surface area contributed by atoms with E-state index in [0.29, 0.717) is 11.5 Å². The van der Waals surface area contributed by atoms with Gasteiger partial charge in [0.1, 0.15) is 0 Å². The summed E-state index contributed by atoms with van der Waals surface area (Å²) in [4.78, 5) is 13.8. The van der Waals surface area contributed by atoms with Gasteiger partial charge in [-0.15, -0.1) is 0 Å². The molecule has 1 heterocycles. The molecule has 23 heavy (non-hydrogen) atoms. The monoisotopic (exact) mass is 313 g/mol. The van der Waals surface area contributed by atoms with Crippen molar-refractivity contribution >= 4 is 11.6 Å². The number of nitrogens with two attached hydrogens (primary N) is 1. The molecule has 4 rings (SSSR count). The van der Waals surface area contributed by atoms with Crippen LogP contribution in [0.25, 0.3) is 0 Å². The summed E-state index contributed by atoms with van der Waals surface area (Å²) in [6, 6.07) is 9.28. The van der Waals surface area contributed by atoms with Gasteiger partial charge in [0.15, 0.2) is 0 Å². The Morgan fingerprint density at radius 1 is 1.26 bits per heavy atom. The van der Waals surface area contributed by atoms with Crippen molar-refractivity contribution < 1.29 is 4.79 Å². The summed E-state index contributed by atoms with van der Waals surface area (Å²) >= 11 is 0.